The van der Waals surface area contributed by atoms with Gasteiger partial charge in [0.1, 0.15) is 5.82 Å². The Hall–Kier alpha value is -2.40. The molecule has 2 amide bonds. The Kier molecular flexibility index (Phi) is 5.43. The maximum Gasteiger partial charge on any atom is 0.317 e. The molecule has 1 saturated heterocycles. The SMILES string of the molecule is O=C(NCc1ccccc1F)N1CCN(Cc2ccccc2)CC1. The maximum absolute atomic E-state index is 13.6. The van der Waals surface area contributed by atoms with Crippen molar-refractivity contribution < 1.29 is 9.18 Å². The molecule has 0 spiro atoms. The Morgan fingerprint density at radius 3 is 2.33 bits per heavy atom. The van der Waals surface area contributed by atoms with E-state index in [2.05, 4.69) is 22.3 Å². The average molecular weight is 327 g/mol. The van der Waals surface area contributed by atoms with Crippen molar-refractivity contribution in [2.45, 2.75) is 13.1 Å². The van der Waals surface area contributed by atoms with Crippen LogP contribution in [0.2, 0.25) is 0 Å². The van der Waals surface area contributed by atoms with Crippen LogP contribution in [0, 0.1) is 5.82 Å². The predicted octanol–water partition coefficient (Wildman–Crippen LogP) is 2.85. The summed E-state index contributed by atoms with van der Waals surface area (Å²) < 4.78 is 13.6. The number of hydrogen-bond acceptors (Lipinski definition) is 2. The van der Waals surface area contributed by atoms with Gasteiger partial charge < -0.3 is 10.2 Å². The molecule has 4 nitrogen and oxygen atoms in total. The first-order chi connectivity index (χ1) is 11.7. The molecule has 2 aromatic rings. The van der Waals surface area contributed by atoms with E-state index in [1.807, 2.05) is 18.2 Å². The number of halogens is 1. The second-order valence-electron chi connectivity index (χ2n) is 6.00. The number of nitrogens with zero attached hydrogens (tertiary/aromatic N) is 2. The third kappa shape index (κ3) is 4.32. The van der Waals surface area contributed by atoms with Gasteiger partial charge in [-0.05, 0) is 11.6 Å². The lowest BCUT2D eigenvalue weighted by Crippen LogP contribution is -2.51. The second-order valence-corrected chi connectivity index (χ2v) is 6.00. The zero-order chi connectivity index (χ0) is 16.8. The Balaban J connectivity index is 1.44. The van der Waals surface area contributed by atoms with Crippen LogP contribution < -0.4 is 5.32 Å². The Labute approximate surface area is 141 Å². The van der Waals surface area contributed by atoms with Crippen LogP contribution in [0.3, 0.4) is 0 Å². The van der Waals surface area contributed by atoms with Gasteiger partial charge in [-0.3, -0.25) is 4.90 Å². The van der Waals surface area contributed by atoms with Crippen LogP contribution in [-0.4, -0.2) is 42.0 Å². The van der Waals surface area contributed by atoms with Crippen molar-refractivity contribution in [3.05, 3.63) is 71.5 Å². The van der Waals surface area contributed by atoms with Crippen molar-refractivity contribution in [3.63, 3.8) is 0 Å². The number of carbonyl (C=O) groups excluding carboxylic acids is 1. The number of piperazine rings is 1. The van der Waals surface area contributed by atoms with Gasteiger partial charge in [0, 0.05) is 44.8 Å². The fourth-order valence-corrected chi connectivity index (χ4v) is 2.88. The van der Waals surface area contributed by atoms with Gasteiger partial charge in [0.25, 0.3) is 0 Å². The standard InChI is InChI=1S/C19H22FN3O/c20-18-9-5-4-8-17(18)14-21-19(24)23-12-10-22(11-13-23)15-16-6-2-1-3-7-16/h1-9H,10-15H2,(H,21,24). The predicted molar refractivity (Wildman–Crippen MR) is 91.9 cm³/mol. The van der Waals surface area contributed by atoms with E-state index in [1.54, 1.807) is 23.1 Å². The molecular formula is C19H22FN3O. The maximum atomic E-state index is 13.6. The van der Waals surface area contributed by atoms with Crippen molar-refractivity contribution in [2.24, 2.45) is 0 Å². The van der Waals surface area contributed by atoms with Crippen LogP contribution in [0.15, 0.2) is 54.6 Å². The Morgan fingerprint density at radius 2 is 1.62 bits per heavy atom. The van der Waals surface area contributed by atoms with Gasteiger partial charge in [-0.2, -0.15) is 0 Å². The van der Waals surface area contributed by atoms with Crippen molar-refractivity contribution >= 4 is 6.03 Å². The van der Waals surface area contributed by atoms with Crippen LogP contribution in [-0.2, 0) is 13.1 Å². The second kappa shape index (κ2) is 7.93. The number of amides is 2. The van der Waals surface area contributed by atoms with Crippen LogP contribution in [0.5, 0.6) is 0 Å². The first-order valence-electron chi connectivity index (χ1n) is 8.25. The summed E-state index contributed by atoms with van der Waals surface area (Å²) in [6.07, 6.45) is 0. The molecule has 126 valence electrons. The number of hydrogen-bond donors (Lipinski definition) is 1. The molecule has 24 heavy (non-hydrogen) atoms. The molecule has 0 bridgehead atoms. The summed E-state index contributed by atoms with van der Waals surface area (Å²) in [6.45, 7) is 4.21. The molecule has 1 heterocycles. The van der Waals surface area contributed by atoms with E-state index in [4.69, 9.17) is 0 Å². The molecule has 1 aliphatic heterocycles. The molecule has 0 saturated carbocycles. The first-order valence-corrected chi connectivity index (χ1v) is 8.25. The van der Waals surface area contributed by atoms with Gasteiger partial charge in [0.2, 0.25) is 0 Å². The number of benzene rings is 2. The zero-order valence-electron chi connectivity index (χ0n) is 13.6. The van der Waals surface area contributed by atoms with Gasteiger partial charge in [0.05, 0.1) is 0 Å². The van der Waals surface area contributed by atoms with Crippen molar-refractivity contribution in [2.75, 3.05) is 26.2 Å². The molecule has 3 rings (SSSR count). The highest BCUT2D eigenvalue weighted by molar-refractivity contribution is 5.74. The summed E-state index contributed by atoms with van der Waals surface area (Å²) in [5.41, 5.74) is 1.79. The molecule has 2 aromatic carbocycles. The number of nitrogens with one attached hydrogen (secondary N) is 1. The summed E-state index contributed by atoms with van der Waals surface area (Å²) in [5.74, 6) is -0.287. The number of urea groups is 1. The quantitative estimate of drug-likeness (QED) is 0.937. The summed E-state index contributed by atoms with van der Waals surface area (Å²) in [6, 6.07) is 16.7. The average Bonchev–Trinajstić information content (AvgIpc) is 2.62. The van der Waals surface area contributed by atoms with Gasteiger partial charge in [0.15, 0.2) is 0 Å². The first kappa shape index (κ1) is 16.5. The van der Waals surface area contributed by atoms with E-state index in [-0.39, 0.29) is 18.4 Å². The minimum absolute atomic E-state index is 0.127. The lowest BCUT2D eigenvalue weighted by atomic mass is 10.2. The van der Waals surface area contributed by atoms with Gasteiger partial charge in [-0.15, -0.1) is 0 Å². The highest BCUT2D eigenvalue weighted by Gasteiger charge is 2.21. The van der Waals surface area contributed by atoms with Crippen molar-refractivity contribution in [1.29, 1.82) is 0 Å². The molecule has 0 unspecified atom stereocenters. The summed E-state index contributed by atoms with van der Waals surface area (Å²) in [5, 5.41) is 2.80. The molecule has 1 aliphatic rings. The van der Waals surface area contributed by atoms with E-state index in [1.165, 1.54) is 11.6 Å². The summed E-state index contributed by atoms with van der Waals surface area (Å²) in [4.78, 5) is 16.4. The van der Waals surface area contributed by atoms with Crippen LogP contribution >= 0.6 is 0 Å². The van der Waals surface area contributed by atoms with Crippen LogP contribution in [0.25, 0.3) is 0 Å². The molecule has 5 heteroatoms. The normalized spacial score (nSPS) is 15.3. The topological polar surface area (TPSA) is 35.6 Å². The van der Waals surface area contributed by atoms with E-state index in [0.29, 0.717) is 18.7 Å². The Bertz CT molecular complexity index is 669. The van der Waals surface area contributed by atoms with Crippen LogP contribution in [0.1, 0.15) is 11.1 Å². The van der Waals surface area contributed by atoms with E-state index < -0.39 is 0 Å². The van der Waals surface area contributed by atoms with Crippen molar-refractivity contribution in [1.82, 2.24) is 15.1 Å². The zero-order valence-corrected chi connectivity index (χ0v) is 13.6. The fourth-order valence-electron chi connectivity index (χ4n) is 2.88. The van der Waals surface area contributed by atoms with E-state index >= 15 is 0 Å². The Morgan fingerprint density at radius 1 is 0.958 bits per heavy atom. The largest absolute Gasteiger partial charge is 0.334 e. The van der Waals surface area contributed by atoms with E-state index in [9.17, 15) is 9.18 Å². The molecule has 0 aromatic heterocycles. The minimum atomic E-state index is -0.287. The lowest BCUT2D eigenvalue weighted by Gasteiger charge is -2.34. The number of rotatable bonds is 4. The molecule has 1 fully saturated rings. The van der Waals surface area contributed by atoms with Crippen LogP contribution in [0.4, 0.5) is 9.18 Å². The molecule has 1 N–H and O–H groups in total. The fraction of sp³-hybridized carbons (Fsp3) is 0.316. The minimum Gasteiger partial charge on any atom is -0.334 e. The highest BCUT2D eigenvalue weighted by atomic mass is 19.1. The van der Waals surface area contributed by atoms with Gasteiger partial charge in [-0.1, -0.05) is 48.5 Å². The smallest absolute Gasteiger partial charge is 0.317 e. The summed E-state index contributed by atoms with van der Waals surface area (Å²) in [7, 11) is 0. The highest BCUT2D eigenvalue weighted by Crippen LogP contribution is 2.09. The van der Waals surface area contributed by atoms with Gasteiger partial charge >= 0.3 is 6.03 Å². The third-order valence-electron chi connectivity index (χ3n) is 4.30. The van der Waals surface area contributed by atoms with E-state index in [0.717, 1.165) is 19.6 Å². The monoisotopic (exact) mass is 327 g/mol. The summed E-state index contributed by atoms with van der Waals surface area (Å²) >= 11 is 0. The molecule has 0 aliphatic carbocycles. The van der Waals surface area contributed by atoms with Crippen molar-refractivity contribution in [3.8, 4) is 0 Å². The number of carbonyl (C=O) groups is 1. The third-order valence-corrected chi connectivity index (χ3v) is 4.30. The molecule has 0 radical (unpaired) electrons. The van der Waals surface area contributed by atoms with Gasteiger partial charge in [-0.25, -0.2) is 9.18 Å². The lowest BCUT2D eigenvalue weighted by molar-refractivity contribution is 0.135. The molecule has 0 atom stereocenters. The molecular weight excluding hydrogens is 305 g/mol.